The fourth-order valence-electron chi connectivity index (χ4n) is 2.53. The van der Waals surface area contributed by atoms with Gasteiger partial charge < -0.3 is 0 Å². The highest BCUT2D eigenvalue weighted by atomic mass is 32.2. The van der Waals surface area contributed by atoms with Crippen LogP contribution < -0.4 is 4.72 Å². The van der Waals surface area contributed by atoms with E-state index in [1.165, 1.54) is 4.90 Å². The average molecular weight is 414 g/mol. The molecule has 0 saturated heterocycles. The average Bonchev–Trinajstić information content (AvgIpc) is 2.61. The van der Waals surface area contributed by atoms with E-state index < -0.39 is 21.8 Å². The summed E-state index contributed by atoms with van der Waals surface area (Å²) in [4.78, 5) is 26.2. The summed E-state index contributed by atoms with van der Waals surface area (Å²) in [6, 6.07) is 7.13. The van der Waals surface area contributed by atoms with Gasteiger partial charge >= 0.3 is 15.7 Å². The maximum atomic E-state index is 12.7. The normalized spacial score (nSPS) is 11.7. The van der Waals surface area contributed by atoms with E-state index in [2.05, 4.69) is 9.08 Å². The van der Waals surface area contributed by atoms with Crippen LogP contribution in [-0.4, -0.2) is 44.1 Å². The largest absolute Gasteiger partial charge is 0.311 e. The second-order valence-electron chi connectivity index (χ2n) is 6.19. The van der Waals surface area contributed by atoms with E-state index in [0.29, 0.717) is 12.8 Å². The van der Waals surface area contributed by atoms with Crippen molar-refractivity contribution in [1.29, 1.82) is 0 Å². The predicted octanol–water partition coefficient (Wildman–Crippen LogP) is 3.37. The van der Waals surface area contributed by atoms with Crippen LogP contribution in [0.5, 0.6) is 0 Å². The van der Waals surface area contributed by atoms with Crippen LogP contribution in [0.3, 0.4) is 0 Å². The summed E-state index contributed by atoms with van der Waals surface area (Å²) in [5.41, 5.74) is 1.92. The molecule has 1 rings (SSSR count). The van der Waals surface area contributed by atoms with Crippen molar-refractivity contribution >= 4 is 33.6 Å². The highest BCUT2D eigenvalue weighted by Crippen LogP contribution is 2.14. The molecule has 27 heavy (non-hydrogen) atoms. The number of hydrogen-bond donors (Lipinski definition) is 1. The second-order valence-corrected chi connectivity index (χ2v) is 7.79. The van der Waals surface area contributed by atoms with Crippen LogP contribution in [0, 0.1) is 6.92 Å². The molecule has 1 N–H and O–H groups in total. The van der Waals surface area contributed by atoms with Gasteiger partial charge in [-0.3, -0.25) is 19.2 Å². The Hall–Kier alpha value is -1.71. The van der Waals surface area contributed by atoms with Gasteiger partial charge in [0.15, 0.2) is 0 Å². The molecule has 0 spiro atoms. The maximum Gasteiger partial charge on any atom is 0.311 e. The van der Waals surface area contributed by atoms with Gasteiger partial charge in [-0.2, -0.15) is 12.8 Å². The molecule has 7 nitrogen and oxygen atoms in total. The van der Waals surface area contributed by atoms with Gasteiger partial charge in [0.1, 0.15) is 0 Å². The maximum absolute atomic E-state index is 12.7. The third-order valence-corrected chi connectivity index (χ3v) is 5.07. The van der Waals surface area contributed by atoms with Crippen LogP contribution in [0.25, 0.3) is 0 Å². The molecule has 1 aromatic rings. The summed E-state index contributed by atoms with van der Waals surface area (Å²) in [5.74, 6) is -0.316. The van der Waals surface area contributed by atoms with Crippen molar-refractivity contribution in [2.24, 2.45) is 4.36 Å². The minimum atomic E-state index is -2.50. The molecule has 150 valence electrons. The summed E-state index contributed by atoms with van der Waals surface area (Å²) in [7, 11) is -0.901. The topological polar surface area (TPSA) is 95.9 Å². The lowest BCUT2D eigenvalue weighted by molar-refractivity contribution is -0.127. The number of aryl methyl sites for hydroxylation is 1. The molecule has 0 aliphatic carbocycles. The number of unbranched alkanes of at least 4 members (excludes halogenated alkanes) is 1. The molecule has 9 heteroatoms. The summed E-state index contributed by atoms with van der Waals surface area (Å²) in [6.07, 6.45) is 2.80. The lowest BCUT2D eigenvalue weighted by Gasteiger charge is -2.21. The Labute approximate surface area is 166 Å². The van der Waals surface area contributed by atoms with E-state index in [4.69, 9.17) is 0 Å². The molecule has 0 heterocycles. The van der Waals surface area contributed by atoms with Crippen molar-refractivity contribution in [2.45, 2.75) is 52.0 Å². The van der Waals surface area contributed by atoms with Gasteiger partial charge in [-0.05, 0) is 32.4 Å². The summed E-state index contributed by atoms with van der Waals surface area (Å²) < 4.78 is 28.2. The van der Waals surface area contributed by atoms with Crippen molar-refractivity contribution in [1.82, 2.24) is 9.62 Å². The minimum absolute atomic E-state index is 0.112. The summed E-state index contributed by atoms with van der Waals surface area (Å²) in [5, 5.41) is -0.410. The van der Waals surface area contributed by atoms with E-state index >= 15 is 0 Å². The zero-order valence-corrected chi connectivity index (χ0v) is 17.6. The van der Waals surface area contributed by atoms with E-state index in [1.54, 1.807) is 7.05 Å². The Balaban J connectivity index is 2.85. The lowest BCUT2D eigenvalue weighted by atomic mass is 10.1. The van der Waals surface area contributed by atoms with E-state index in [0.717, 1.165) is 35.9 Å². The SMILES string of the molecule is CCCCC(CCN(C(=O)Cc1ccc(C)cc1)C(=O)SNC)N=S(=O)=O. The molecule has 0 aliphatic heterocycles. The Morgan fingerprint density at radius 2 is 1.89 bits per heavy atom. The first-order valence-electron chi connectivity index (χ1n) is 8.91. The Morgan fingerprint density at radius 3 is 2.44 bits per heavy atom. The number of hydrogen-bond acceptors (Lipinski definition) is 7. The second kappa shape index (κ2) is 12.6. The van der Waals surface area contributed by atoms with Gasteiger partial charge in [0.05, 0.1) is 12.5 Å². The summed E-state index contributed by atoms with van der Waals surface area (Å²) in [6.45, 7) is 4.11. The molecule has 1 unspecified atom stereocenters. The predicted molar refractivity (Wildman–Crippen MR) is 108 cm³/mol. The molecular weight excluding hydrogens is 386 g/mol. The van der Waals surface area contributed by atoms with E-state index in [-0.39, 0.29) is 18.9 Å². The lowest BCUT2D eigenvalue weighted by Crippen LogP contribution is -2.38. The van der Waals surface area contributed by atoms with E-state index in [1.807, 2.05) is 38.1 Å². The highest BCUT2D eigenvalue weighted by molar-refractivity contribution is 8.11. The van der Waals surface area contributed by atoms with Gasteiger partial charge in [0.2, 0.25) is 5.91 Å². The van der Waals surface area contributed by atoms with Crippen LogP contribution in [0.1, 0.15) is 43.7 Å². The zero-order valence-electron chi connectivity index (χ0n) is 16.0. The number of carbonyl (C=O) groups is 2. The molecule has 0 radical (unpaired) electrons. The van der Waals surface area contributed by atoms with Crippen molar-refractivity contribution in [3.8, 4) is 0 Å². The van der Waals surface area contributed by atoms with Crippen molar-refractivity contribution in [3.05, 3.63) is 35.4 Å². The molecule has 1 atom stereocenters. The number of benzene rings is 1. The number of rotatable bonds is 10. The summed E-state index contributed by atoms with van der Waals surface area (Å²) >= 11 is 0.828. The molecule has 0 aromatic heterocycles. The quantitative estimate of drug-likeness (QED) is 0.591. The van der Waals surface area contributed by atoms with Crippen molar-refractivity contribution in [2.75, 3.05) is 13.6 Å². The van der Waals surface area contributed by atoms with Crippen LogP contribution in [0.15, 0.2) is 28.6 Å². The monoisotopic (exact) mass is 413 g/mol. The number of imide groups is 1. The van der Waals surface area contributed by atoms with Crippen molar-refractivity contribution < 1.29 is 18.0 Å². The minimum Gasteiger partial charge on any atom is -0.274 e. The van der Waals surface area contributed by atoms with Crippen LogP contribution in [-0.2, 0) is 21.7 Å². The fourth-order valence-corrected chi connectivity index (χ4v) is 3.46. The Bertz CT molecular complexity index is 740. The molecule has 0 fully saturated rings. The zero-order chi connectivity index (χ0) is 20.2. The number of amides is 2. The van der Waals surface area contributed by atoms with E-state index in [9.17, 15) is 18.0 Å². The first-order valence-corrected chi connectivity index (χ1v) is 10.8. The molecule has 1 aromatic carbocycles. The van der Waals surface area contributed by atoms with Crippen LogP contribution >= 0.6 is 11.9 Å². The number of carbonyl (C=O) groups excluding carboxylic acids is 2. The molecule has 0 aliphatic rings. The third-order valence-electron chi connectivity index (χ3n) is 4.00. The van der Waals surface area contributed by atoms with Crippen LogP contribution in [0.2, 0.25) is 0 Å². The first kappa shape index (κ1) is 23.3. The number of nitrogens with one attached hydrogen (secondary N) is 1. The molecule has 0 saturated carbocycles. The molecule has 2 amide bonds. The van der Waals surface area contributed by atoms with Gasteiger partial charge in [-0.15, -0.1) is 0 Å². The van der Waals surface area contributed by atoms with Gasteiger partial charge in [-0.25, -0.2) is 0 Å². The standard InChI is InChI=1S/C18H27N3O4S2/c1-4-5-6-16(20-27(24)25)11-12-21(18(23)26-19-3)17(22)13-15-9-7-14(2)8-10-15/h7-10,16,19H,4-6,11-13H2,1-3H3. The van der Waals surface area contributed by atoms with Crippen molar-refractivity contribution in [3.63, 3.8) is 0 Å². The number of nitrogens with zero attached hydrogens (tertiary/aromatic N) is 2. The highest BCUT2D eigenvalue weighted by Gasteiger charge is 2.23. The third kappa shape index (κ3) is 9.16. The smallest absolute Gasteiger partial charge is 0.274 e. The molecule has 0 bridgehead atoms. The Morgan fingerprint density at radius 1 is 1.22 bits per heavy atom. The Kier molecular flexibility index (Phi) is 10.9. The van der Waals surface area contributed by atoms with Crippen LogP contribution in [0.4, 0.5) is 4.79 Å². The van der Waals surface area contributed by atoms with Gasteiger partial charge in [0.25, 0.3) is 0 Å². The van der Waals surface area contributed by atoms with Gasteiger partial charge in [0, 0.05) is 18.5 Å². The van der Waals surface area contributed by atoms with Gasteiger partial charge in [-0.1, -0.05) is 49.6 Å². The first-order chi connectivity index (χ1) is 12.9. The molecular formula is C18H27N3O4S2. The fraction of sp³-hybridized carbons (Fsp3) is 0.556.